The Bertz CT molecular complexity index is 909. The largest absolute Gasteiger partial charge is 0.859 e. The molecule has 2 aromatic rings. The summed E-state index contributed by atoms with van der Waals surface area (Å²) < 4.78 is 1.04. The molecule has 0 unspecified atom stereocenters. The van der Waals surface area contributed by atoms with Crippen molar-refractivity contribution >= 4 is 5.71 Å². The number of hydrogen-bond acceptors (Lipinski definition) is 5. The number of quaternary nitrogens is 1. The van der Waals surface area contributed by atoms with Crippen LogP contribution in [0, 0.1) is 0 Å². The molecule has 1 aliphatic heterocycles. The number of rotatable bonds is 4. The van der Waals surface area contributed by atoms with Gasteiger partial charge >= 0.3 is 5.69 Å². The Labute approximate surface area is 151 Å². The number of aromatic amines is 1. The highest BCUT2D eigenvalue weighted by molar-refractivity contribution is 5.99. The van der Waals surface area contributed by atoms with E-state index in [0.29, 0.717) is 5.71 Å². The van der Waals surface area contributed by atoms with E-state index in [1.165, 1.54) is 4.90 Å². The summed E-state index contributed by atoms with van der Waals surface area (Å²) in [5.74, 6) is -0.608. The summed E-state index contributed by atoms with van der Waals surface area (Å²) in [6, 6.07) is 9.17. The molecule has 1 fully saturated rings. The van der Waals surface area contributed by atoms with Gasteiger partial charge in [-0.25, -0.2) is 4.79 Å². The fourth-order valence-electron chi connectivity index (χ4n) is 3.02. The molecule has 1 aliphatic rings. The third-order valence-corrected chi connectivity index (χ3v) is 4.58. The van der Waals surface area contributed by atoms with E-state index in [1.54, 1.807) is 6.92 Å². The van der Waals surface area contributed by atoms with Crippen LogP contribution in [0.3, 0.4) is 0 Å². The van der Waals surface area contributed by atoms with Crippen molar-refractivity contribution in [1.29, 1.82) is 0 Å². The number of hydrogen-bond donors (Lipinski definition) is 2. The molecule has 1 aromatic carbocycles. The maximum atomic E-state index is 12.8. The minimum Gasteiger partial charge on any atom is -0.859 e. The van der Waals surface area contributed by atoms with E-state index in [1.807, 2.05) is 35.3 Å². The van der Waals surface area contributed by atoms with Gasteiger partial charge in [-0.15, -0.1) is 0 Å². The zero-order valence-electron chi connectivity index (χ0n) is 15.0. The standard InChI is InChI=1S/C18H23N5O3/c1-13(20-22-10-8-21(2)9-11-22)15-16(24)19-18(26)23(17(15)25)12-14-6-4-3-5-7-14/h3-7,25H,8-12H2,1-2H3,(H,19,24,26). The molecule has 8 heteroatoms. The quantitative estimate of drug-likeness (QED) is 0.632. The fourth-order valence-corrected chi connectivity index (χ4v) is 3.02. The molecule has 0 bridgehead atoms. The van der Waals surface area contributed by atoms with Gasteiger partial charge in [-0.05, 0) is 18.4 Å². The number of nitrogens with zero attached hydrogens (tertiary/aromatic N) is 3. The van der Waals surface area contributed by atoms with Gasteiger partial charge < -0.3 is 14.6 Å². The smallest absolute Gasteiger partial charge is 0.328 e. The van der Waals surface area contributed by atoms with E-state index in [-0.39, 0.29) is 12.1 Å². The molecule has 1 saturated heterocycles. The molecule has 3 rings (SSSR count). The predicted molar refractivity (Wildman–Crippen MR) is 96.7 cm³/mol. The van der Waals surface area contributed by atoms with Crippen molar-refractivity contribution in [3.63, 3.8) is 0 Å². The monoisotopic (exact) mass is 357 g/mol. The van der Waals surface area contributed by atoms with Crippen molar-refractivity contribution in [3.8, 4) is 5.88 Å². The normalized spacial score (nSPS) is 16.1. The van der Waals surface area contributed by atoms with Gasteiger partial charge in [0, 0.05) is 0 Å². The van der Waals surface area contributed by atoms with Crippen LogP contribution in [0.25, 0.3) is 0 Å². The lowest BCUT2D eigenvalue weighted by atomic mass is 10.2. The van der Waals surface area contributed by atoms with Crippen molar-refractivity contribution in [3.05, 3.63) is 62.3 Å². The van der Waals surface area contributed by atoms with Gasteiger partial charge in [0.25, 0.3) is 5.56 Å². The first kappa shape index (κ1) is 17.9. The van der Waals surface area contributed by atoms with Gasteiger partial charge in [-0.3, -0.25) is 14.8 Å². The van der Waals surface area contributed by atoms with Crippen molar-refractivity contribution in [2.24, 2.45) is 5.10 Å². The van der Waals surface area contributed by atoms with Gasteiger partial charge in [0.1, 0.15) is 0 Å². The lowest BCUT2D eigenvalue weighted by molar-refractivity contribution is -0.884. The van der Waals surface area contributed by atoms with E-state index in [9.17, 15) is 14.7 Å². The summed E-state index contributed by atoms with van der Waals surface area (Å²) in [4.78, 5) is 28.0. The van der Waals surface area contributed by atoms with Gasteiger partial charge in [0.2, 0.25) is 0 Å². The number of hydrazone groups is 1. The summed E-state index contributed by atoms with van der Waals surface area (Å²) in [6.07, 6.45) is 0. The van der Waals surface area contributed by atoms with Crippen LogP contribution in [-0.4, -0.2) is 53.5 Å². The van der Waals surface area contributed by atoms with Crippen LogP contribution in [0.4, 0.5) is 0 Å². The molecular formula is C18H23N5O3. The number of H-pyrrole nitrogens is 1. The Morgan fingerprint density at radius 3 is 2.54 bits per heavy atom. The SMILES string of the molecule is CC(=NN1CC[NH+](C)CC1)c1c([O-])n(Cc2ccccc2)c(=O)[nH]c1=O. The van der Waals surface area contributed by atoms with Gasteiger partial charge in [0.05, 0.1) is 51.0 Å². The lowest BCUT2D eigenvalue weighted by Crippen LogP contribution is -3.11. The highest BCUT2D eigenvalue weighted by atomic mass is 16.3. The lowest BCUT2D eigenvalue weighted by Gasteiger charge is -2.28. The number of nitrogens with one attached hydrogen (secondary N) is 2. The van der Waals surface area contributed by atoms with Crippen molar-refractivity contribution in [2.75, 3.05) is 33.2 Å². The molecule has 26 heavy (non-hydrogen) atoms. The zero-order chi connectivity index (χ0) is 18.7. The average molecular weight is 357 g/mol. The maximum absolute atomic E-state index is 12.8. The average Bonchev–Trinajstić information content (AvgIpc) is 2.61. The predicted octanol–water partition coefficient (Wildman–Crippen LogP) is -1.79. The Morgan fingerprint density at radius 1 is 1.23 bits per heavy atom. The summed E-state index contributed by atoms with van der Waals surface area (Å²) >= 11 is 0. The number of aromatic nitrogens is 2. The van der Waals surface area contributed by atoms with Crippen LogP contribution in [0.2, 0.25) is 0 Å². The van der Waals surface area contributed by atoms with E-state index in [2.05, 4.69) is 17.1 Å². The second-order valence-electron chi connectivity index (χ2n) is 6.61. The fraction of sp³-hybridized carbons (Fsp3) is 0.389. The minimum atomic E-state index is -0.705. The molecule has 8 nitrogen and oxygen atoms in total. The van der Waals surface area contributed by atoms with Gasteiger partial charge in [0.15, 0.2) is 0 Å². The first-order chi connectivity index (χ1) is 12.5. The van der Waals surface area contributed by atoms with E-state index in [4.69, 9.17) is 0 Å². The van der Waals surface area contributed by atoms with Crippen LogP contribution in [0.5, 0.6) is 5.88 Å². The first-order valence-electron chi connectivity index (χ1n) is 8.65. The van der Waals surface area contributed by atoms with Crippen molar-refractivity contribution < 1.29 is 10.0 Å². The molecule has 2 heterocycles. The topological polar surface area (TPSA) is 98.0 Å². The van der Waals surface area contributed by atoms with Crippen LogP contribution >= 0.6 is 0 Å². The van der Waals surface area contributed by atoms with Gasteiger partial charge in [-0.1, -0.05) is 30.3 Å². The van der Waals surface area contributed by atoms with E-state index < -0.39 is 17.1 Å². The molecule has 0 radical (unpaired) electrons. The summed E-state index contributed by atoms with van der Waals surface area (Å²) in [5.41, 5.74) is -0.334. The van der Waals surface area contributed by atoms with Crippen molar-refractivity contribution in [2.45, 2.75) is 13.5 Å². The second kappa shape index (κ2) is 7.57. The third kappa shape index (κ3) is 3.85. The van der Waals surface area contributed by atoms with Gasteiger partial charge in [-0.2, -0.15) is 5.10 Å². The van der Waals surface area contributed by atoms with Crippen LogP contribution in [-0.2, 0) is 6.54 Å². The summed E-state index contributed by atoms with van der Waals surface area (Å²) in [5, 5.41) is 19.1. The van der Waals surface area contributed by atoms with Crippen LogP contribution < -0.4 is 21.3 Å². The third-order valence-electron chi connectivity index (χ3n) is 4.58. The van der Waals surface area contributed by atoms with Crippen LogP contribution in [0.1, 0.15) is 18.1 Å². The molecule has 0 spiro atoms. The molecule has 0 aliphatic carbocycles. The minimum absolute atomic E-state index is 0.0770. The molecular weight excluding hydrogens is 334 g/mol. The number of piperazine rings is 1. The Morgan fingerprint density at radius 2 is 1.88 bits per heavy atom. The molecule has 2 N–H and O–H groups in total. The first-order valence-corrected chi connectivity index (χ1v) is 8.65. The Kier molecular flexibility index (Phi) is 5.22. The summed E-state index contributed by atoms with van der Waals surface area (Å²) in [6.45, 7) is 5.16. The highest BCUT2D eigenvalue weighted by Gasteiger charge is 2.17. The number of likely N-dealkylation sites (N-methyl/N-ethyl adjacent to an activating group) is 1. The van der Waals surface area contributed by atoms with E-state index >= 15 is 0 Å². The molecule has 0 amide bonds. The Balaban J connectivity index is 1.95. The summed E-state index contributed by atoms with van der Waals surface area (Å²) in [7, 11) is 2.12. The maximum Gasteiger partial charge on any atom is 0.328 e. The molecule has 0 saturated carbocycles. The Hall–Kier alpha value is -2.87. The molecule has 1 aromatic heterocycles. The zero-order valence-corrected chi connectivity index (χ0v) is 15.0. The second-order valence-corrected chi connectivity index (χ2v) is 6.61. The molecule has 0 atom stereocenters. The van der Waals surface area contributed by atoms with Crippen LogP contribution in [0.15, 0.2) is 45.0 Å². The van der Waals surface area contributed by atoms with E-state index in [0.717, 1.165) is 36.3 Å². The highest BCUT2D eigenvalue weighted by Crippen LogP contribution is 2.11. The molecule has 138 valence electrons. The van der Waals surface area contributed by atoms with Crippen molar-refractivity contribution in [1.82, 2.24) is 14.6 Å². The number of benzene rings is 1.